The molecule has 2 aromatic rings. The van der Waals surface area contributed by atoms with Crippen molar-refractivity contribution in [3.63, 3.8) is 0 Å². The summed E-state index contributed by atoms with van der Waals surface area (Å²) in [6.45, 7) is 9.90. The first-order chi connectivity index (χ1) is 11.1. The maximum absolute atomic E-state index is 13.4. The van der Waals surface area contributed by atoms with Crippen molar-refractivity contribution in [2.75, 3.05) is 0 Å². The molecule has 128 valence electrons. The van der Waals surface area contributed by atoms with Crippen LogP contribution < -0.4 is 5.30 Å². The van der Waals surface area contributed by atoms with Crippen molar-refractivity contribution in [1.82, 2.24) is 0 Å². The highest BCUT2D eigenvalue weighted by atomic mass is 31.2. The summed E-state index contributed by atoms with van der Waals surface area (Å²) < 4.78 is 19.1. The lowest BCUT2D eigenvalue weighted by molar-refractivity contribution is 0.104. The zero-order valence-electron chi connectivity index (χ0n) is 14.9. The van der Waals surface area contributed by atoms with Crippen molar-refractivity contribution in [1.29, 1.82) is 0 Å². The molecule has 0 aliphatic heterocycles. The lowest BCUT2D eigenvalue weighted by Crippen LogP contribution is -2.18. The van der Waals surface area contributed by atoms with E-state index in [2.05, 4.69) is 20.8 Å². The fourth-order valence-corrected chi connectivity index (χ4v) is 4.53. The Morgan fingerprint density at radius 2 is 1.50 bits per heavy atom. The fraction of sp³-hybridized carbons (Fsp3) is 0.350. The molecule has 0 aromatic heterocycles. The second-order valence-corrected chi connectivity index (χ2v) is 9.41. The molecule has 0 aliphatic rings. The predicted octanol–water partition coefficient (Wildman–Crippen LogP) is 5.15. The van der Waals surface area contributed by atoms with E-state index in [4.69, 9.17) is 4.52 Å². The highest BCUT2D eigenvalue weighted by Crippen LogP contribution is 2.50. The Hall–Kier alpha value is -1.70. The summed E-state index contributed by atoms with van der Waals surface area (Å²) in [5.41, 5.74) is 1.08. The molecular formula is C20H25O3P. The average Bonchev–Trinajstić information content (AvgIpc) is 2.53. The van der Waals surface area contributed by atoms with Gasteiger partial charge in [0.1, 0.15) is 0 Å². The molecular weight excluding hydrogens is 319 g/mol. The van der Waals surface area contributed by atoms with E-state index >= 15 is 0 Å². The van der Waals surface area contributed by atoms with Gasteiger partial charge in [-0.25, -0.2) is 0 Å². The monoisotopic (exact) mass is 344 g/mol. The molecule has 0 N–H and O–H groups in total. The average molecular weight is 344 g/mol. The Morgan fingerprint density at radius 1 is 0.958 bits per heavy atom. The maximum atomic E-state index is 13.4. The van der Waals surface area contributed by atoms with E-state index in [1.807, 2.05) is 18.2 Å². The van der Waals surface area contributed by atoms with Gasteiger partial charge in [0, 0.05) is 10.9 Å². The van der Waals surface area contributed by atoms with Crippen molar-refractivity contribution >= 4 is 18.2 Å². The van der Waals surface area contributed by atoms with E-state index in [0.29, 0.717) is 10.9 Å². The molecule has 0 saturated carbocycles. The van der Waals surface area contributed by atoms with Crippen molar-refractivity contribution in [2.45, 2.75) is 46.1 Å². The summed E-state index contributed by atoms with van der Waals surface area (Å²) in [6.07, 6.45) is -0.311. The zero-order chi connectivity index (χ0) is 18.0. The van der Waals surface area contributed by atoms with Crippen molar-refractivity contribution < 1.29 is 13.9 Å². The third kappa shape index (κ3) is 4.03. The van der Waals surface area contributed by atoms with E-state index in [9.17, 15) is 9.36 Å². The Balaban J connectivity index is 2.44. The third-order valence-electron chi connectivity index (χ3n) is 3.72. The van der Waals surface area contributed by atoms with Gasteiger partial charge >= 0.3 is 7.37 Å². The quantitative estimate of drug-likeness (QED) is 0.704. The molecule has 2 aromatic carbocycles. The van der Waals surface area contributed by atoms with Crippen LogP contribution in [0.1, 0.15) is 50.5 Å². The SMILES string of the molecule is CC(C)OP(=O)(C(=O)c1ccc(C(C)(C)C)cc1)c1ccccc1. The van der Waals surface area contributed by atoms with Crippen LogP contribution in [-0.2, 0) is 14.5 Å². The van der Waals surface area contributed by atoms with Crippen LogP contribution in [0.2, 0.25) is 0 Å². The highest BCUT2D eigenvalue weighted by molar-refractivity contribution is 7.83. The van der Waals surface area contributed by atoms with Crippen LogP contribution in [0.5, 0.6) is 0 Å². The van der Waals surface area contributed by atoms with E-state index in [-0.39, 0.29) is 11.5 Å². The van der Waals surface area contributed by atoms with E-state index in [0.717, 1.165) is 5.56 Å². The normalized spacial score (nSPS) is 14.4. The molecule has 0 radical (unpaired) electrons. The first kappa shape index (κ1) is 18.6. The third-order valence-corrected chi connectivity index (χ3v) is 6.21. The summed E-state index contributed by atoms with van der Waals surface area (Å²) in [6, 6.07) is 16.0. The first-order valence-corrected chi connectivity index (χ1v) is 9.76. The smallest absolute Gasteiger partial charge is 0.301 e. The van der Waals surface area contributed by atoms with Gasteiger partial charge in [0.15, 0.2) is 0 Å². The van der Waals surface area contributed by atoms with Crippen LogP contribution >= 0.6 is 7.37 Å². The number of hydrogen-bond donors (Lipinski definition) is 0. The second kappa shape index (κ2) is 7.04. The van der Waals surface area contributed by atoms with Gasteiger partial charge in [-0.3, -0.25) is 9.36 Å². The summed E-state index contributed by atoms with van der Waals surface area (Å²) in [4.78, 5) is 13.0. The number of hydrogen-bond acceptors (Lipinski definition) is 3. The number of benzene rings is 2. The van der Waals surface area contributed by atoms with Crippen molar-refractivity contribution in [2.24, 2.45) is 0 Å². The lowest BCUT2D eigenvalue weighted by Gasteiger charge is -2.21. The predicted molar refractivity (Wildman–Crippen MR) is 99.4 cm³/mol. The lowest BCUT2D eigenvalue weighted by atomic mass is 9.87. The standard InChI is InChI=1S/C20H25O3P/c1-15(2)23-24(22,18-9-7-6-8-10-18)19(21)16-11-13-17(14-12-16)20(3,4)5/h6-15H,1-5H3. The zero-order valence-corrected chi connectivity index (χ0v) is 15.8. The Morgan fingerprint density at radius 3 is 1.96 bits per heavy atom. The minimum atomic E-state index is -3.64. The van der Waals surface area contributed by atoms with E-state index in [1.54, 1.807) is 50.2 Å². The van der Waals surface area contributed by atoms with Crippen molar-refractivity contribution in [3.8, 4) is 0 Å². The van der Waals surface area contributed by atoms with Crippen LogP contribution in [0, 0.1) is 0 Å². The number of carbonyl (C=O) groups excluding carboxylic acids is 1. The van der Waals surface area contributed by atoms with Gasteiger partial charge in [-0.15, -0.1) is 0 Å². The highest BCUT2D eigenvalue weighted by Gasteiger charge is 2.37. The van der Waals surface area contributed by atoms with E-state index in [1.165, 1.54) is 0 Å². The molecule has 0 saturated heterocycles. The fourth-order valence-electron chi connectivity index (χ4n) is 2.43. The number of carbonyl (C=O) groups is 1. The molecule has 2 rings (SSSR count). The largest absolute Gasteiger partial charge is 0.317 e. The van der Waals surface area contributed by atoms with Gasteiger partial charge in [0.05, 0.1) is 6.10 Å². The molecule has 1 atom stereocenters. The summed E-state index contributed by atoms with van der Waals surface area (Å²) >= 11 is 0. The molecule has 1 unspecified atom stereocenters. The Labute approximate surface area is 144 Å². The molecule has 0 amide bonds. The van der Waals surface area contributed by atoms with Gasteiger partial charge < -0.3 is 4.52 Å². The van der Waals surface area contributed by atoms with Gasteiger partial charge in [0.2, 0.25) is 0 Å². The number of rotatable bonds is 5. The van der Waals surface area contributed by atoms with Gasteiger partial charge in [-0.05, 0) is 37.0 Å². The van der Waals surface area contributed by atoms with Crippen molar-refractivity contribution in [3.05, 3.63) is 65.7 Å². The molecule has 24 heavy (non-hydrogen) atoms. The topological polar surface area (TPSA) is 43.4 Å². The van der Waals surface area contributed by atoms with Crippen LogP contribution in [0.25, 0.3) is 0 Å². The van der Waals surface area contributed by atoms with Gasteiger partial charge in [-0.1, -0.05) is 63.2 Å². The molecule has 0 heterocycles. The van der Waals surface area contributed by atoms with E-state index < -0.39 is 12.9 Å². The summed E-state index contributed by atoms with van der Waals surface area (Å²) in [5.74, 6) is 0. The molecule has 0 spiro atoms. The molecule has 0 fully saturated rings. The molecule has 0 bridgehead atoms. The minimum Gasteiger partial charge on any atom is -0.317 e. The van der Waals surface area contributed by atoms with Crippen LogP contribution in [0.15, 0.2) is 54.6 Å². The minimum absolute atomic E-state index is 0.000857. The first-order valence-electron chi connectivity index (χ1n) is 8.14. The van der Waals surface area contributed by atoms with Crippen LogP contribution in [0.3, 0.4) is 0 Å². The van der Waals surface area contributed by atoms with Crippen LogP contribution in [0.4, 0.5) is 0 Å². The van der Waals surface area contributed by atoms with Crippen LogP contribution in [-0.4, -0.2) is 11.6 Å². The molecule has 4 heteroatoms. The summed E-state index contributed by atoms with van der Waals surface area (Å²) in [5, 5.41) is 0.434. The molecule has 0 aliphatic carbocycles. The second-order valence-electron chi connectivity index (χ2n) is 7.17. The van der Waals surface area contributed by atoms with Gasteiger partial charge in [-0.2, -0.15) is 0 Å². The Bertz CT molecular complexity index is 741. The summed E-state index contributed by atoms with van der Waals surface area (Å²) in [7, 11) is -3.64. The van der Waals surface area contributed by atoms with Gasteiger partial charge in [0.25, 0.3) is 5.52 Å². The maximum Gasteiger partial charge on any atom is 0.301 e. The Kier molecular flexibility index (Phi) is 5.47. The molecule has 3 nitrogen and oxygen atoms in total.